The minimum Gasteiger partial charge on any atom is -0.393 e. The maximum absolute atomic E-state index is 12.5. The molecule has 0 heterocycles. The predicted molar refractivity (Wildman–Crippen MR) is 81.4 cm³/mol. The molecule has 6 nitrogen and oxygen atoms in total. The van der Waals surface area contributed by atoms with Gasteiger partial charge in [0.15, 0.2) is 0 Å². The molecule has 2 aromatic rings. The monoisotopic (exact) mass is 285 g/mol. The molecular weight excluding hydrogens is 270 g/mol. The van der Waals surface area contributed by atoms with Crippen LogP contribution in [0.25, 0.3) is 0 Å². The highest BCUT2D eigenvalue weighted by Gasteiger charge is 2.25. The topological polar surface area (TPSA) is 89.5 Å². The van der Waals surface area contributed by atoms with Crippen molar-refractivity contribution in [1.29, 1.82) is 0 Å². The summed E-state index contributed by atoms with van der Waals surface area (Å²) in [6.07, 6.45) is 0. The van der Waals surface area contributed by atoms with Crippen molar-refractivity contribution >= 4 is 23.0 Å². The van der Waals surface area contributed by atoms with E-state index in [9.17, 15) is 14.9 Å². The van der Waals surface area contributed by atoms with E-state index >= 15 is 0 Å². The Labute approximate surface area is 121 Å². The molecule has 0 aliphatic rings. The van der Waals surface area contributed by atoms with Crippen molar-refractivity contribution in [1.82, 2.24) is 0 Å². The number of carbonyl (C=O) groups is 1. The van der Waals surface area contributed by atoms with Crippen LogP contribution < -0.4 is 10.6 Å². The number of anilines is 2. The zero-order valence-corrected chi connectivity index (χ0v) is 11.7. The number of benzene rings is 2. The van der Waals surface area contributed by atoms with E-state index in [-0.39, 0.29) is 16.9 Å². The summed E-state index contributed by atoms with van der Waals surface area (Å²) in [5.41, 5.74) is 6.92. The summed E-state index contributed by atoms with van der Waals surface area (Å²) in [5.74, 6) is -0.474. The molecule has 0 fully saturated rings. The second-order valence-corrected chi connectivity index (χ2v) is 4.70. The Morgan fingerprint density at radius 1 is 1.19 bits per heavy atom. The Morgan fingerprint density at radius 2 is 1.81 bits per heavy atom. The van der Waals surface area contributed by atoms with Crippen LogP contribution in [0.15, 0.2) is 42.5 Å². The molecule has 1 amide bonds. The number of nitrogens with two attached hydrogens (primary N) is 1. The van der Waals surface area contributed by atoms with Gasteiger partial charge in [0.05, 0.1) is 4.92 Å². The predicted octanol–water partition coefficient (Wildman–Crippen LogP) is 2.76. The first-order valence-electron chi connectivity index (χ1n) is 6.29. The molecule has 6 heteroatoms. The van der Waals surface area contributed by atoms with Gasteiger partial charge < -0.3 is 10.6 Å². The third-order valence-electron chi connectivity index (χ3n) is 3.21. The fraction of sp³-hybridized carbons (Fsp3) is 0.133. The Bertz CT molecular complexity index is 696. The number of amides is 1. The Morgan fingerprint density at radius 3 is 2.38 bits per heavy atom. The van der Waals surface area contributed by atoms with Gasteiger partial charge >= 0.3 is 5.69 Å². The Hall–Kier alpha value is -2.89. The second kappa shape index (κ2) is 5.62. The number of nitro benzene ring substituents is 1. The van der Waals surface area contributed by atoms with Crippen LogP contribution >= 0.6 is 0 Å². The Kier molecular flexibility index (Phi) is 3.89. The SMILES string of the molecule is Cc1ccc(N(C)C(=O)c2cccc(N)c2[N+](=O)[O-])cc1. The number of nitrogens with zero attached hydrogens (tertiary/aromatic N) is 2. The largest absolute Gasteiger partial charge is 0.393 e. The van der Waals surface area contributed by atoms with E-state index in [0.717, 1.165) is 5.56 Å². The lowest BCUT2D eigenvalue weighted by Crippen LogP contribution is -2.27. The van der Waals surface area contributed by atoms with Gasteiger partial charge in [-0.05, 0) is 31.2 Å². The van der Waals surface area contributed by atoms with Gasteiger partial charge in [0.1, 0.15) is 11.3 Å². The first kappa shape index (κ1) is 14.5. The van der Waals surface area contributed by atoms with Crippen molar-refractivity contribution in [3.63, 3.8) is 0 Å². The van der Waals surface area contributed by atoms with Crippen LogP contribution in [0.5, 0.6) is 0 Å². The van der Waals surface area contributed by atoms with Crippen molar-refractivity contribution in [3.8, 4) is 0 Å². The third kappa shape index (κ3) is 2.84. The molecule has 0 unspecified atom stereocenters. The number of para-hydroxylation sites is 1. The first-order chi connectivity index (χ1) is 9.91. The first-order valence-corrected chi connectivity index (χ1v) is 6.29. The van der Waals surface area contributed by atoms with Crippen LogP contribution in [0.2, 0.25) is 0 Å². The zero-order chi connectivity index (χ0) is 15.6. The van der Waals surface area contributed by atoms with Crippen molar-refractivity contribution in [2.24, 2.45) is 0 Å². The highest BCUT2D eigenvalue weighted by Crippen LogP contribution is 2.28. The molecule has 0 aliphatic heterocycles. The van der Waals surface area contributed by atoms with Crippen LogP contribution in [-0.2, 0) is 0 Å². The van der Waals surface area contributed by atoms with Crippen LogP contribution in [0, 0.1) is 17.0 Å². The normalized spacial score (nSPS) is 10.2. The molecule has 0 bridgehead atoms. The number of nitrogen functional groups attached to an aromatic ring is 1. The molecular formula is C15H15N3O3. The lowest BCUT2D eigenvalue weighted by Gasteiger charge is -2.17. The second-order valence-electron chi connectivity index (χ2n) is 4.70. The van der Waals surface area contributed by atoms with Crippen LogP contribution in [0.3, 0.4) is 0 Å². The molecule has 0 aromatic heterocycles. The average molecular weight is 285 g/mol. The van der Waals surface area contributed by atoms with E-state index in [1.165, 1.54) is 23.1 Å². The van der Waals surface area contributed by atoms with Gasteiger partial charge in [0.2, 0.25) is 0 Å². The molecule has 21 heavy (non-hydrogen) atoms. The van der Waals surface area contributed by atoms with Crippen LogP contribution in [-0.4, -0.2) is 17.9 Å². The van der Waals surface area contributed by atoms with Crippen molar-refractivity contribution < 1.29 is 9.72 Å². The van der Waals surface area contributed by atoms with E-state index in [1.54, 1.807) is 19.2 Å². The van der Waals surface area contributed by atoms with Gasteiger partial charge in [-0.1, -0.05) is 23.8 Å². The molecule has 2 rings (SSSR count). The number of nitro groups is 1. The number of aryl methyl sites for hydroxylation is 1. The molecule has 0 saturated carbocycles. The average Bonchev–Trinajstić information content (AvgIpc) is 2.46. The summed E-state index contributed by atoms with van der Waals surface area (Å²) >= 11 is 0. The lowest BCUT2D eigenvalue weighted by atomic mass is 10.1. The van der Waals surface area contributed by atoms with Crippen molar-refractivity contribution in [2.75, 3.05) is 17.7 Å². The molecule has 2 aromatic carbocycles. The van der Waals surface area contributed by atoms with E-state index in [1.807, 2.05) is 19.1 Å². The standard InChI is InChI=1S/C15H15N3O3/c1-10-6-8-11(9-7-10)17(2)15(19)12-4-3-5-13(16)14(12)18(20)21/h3-9H,16H2,1-2H3. The minimum absolute atomic E-state index is 0.0249. The maximum Gasteiger partial charge on any atom is 0.304 e. The van der Waals surface area contributed by atoms with Gasteiger partial charge in [-0.3, -0.25) is 14.9 Å². The summed E-state index contributed by atoms with van der Waals surface area (Å²) in [6.45, 7) is 1.94. The summed E-state index contributed by atoms with van der Waals surface area (Å²) in [4.78, 5) is 24.3. The molecule has 0 saturated heterocycles. The maximum atomic E-state index is 12.5. The highest BCUT2D eigenvalue weighted by atomic mass is 16.6. The molecule has 0 atom stereocenters. The van der Waals surface area contributed by atoms with Gasteiger partial charge in [-0.25, -0.2) is 0 Å². The molecule has 0 radical (unpaired) electrons. The zero-order valence-electron chi connectivity index (χ0n) is 11.7. The van der Waals surface area contributed by atoms with Gasteiger partial charge in [0.25, 0.3) is 5.91 Å². The third-order valence-corrected chi connectivity index (χ3v) is 3.21. The lowest BCUT2D eigenvalue weighted by molar-refractivity contribution is -0.384. The molecule has 2 N–H and O–H groups in total. The van der Waals surface area contributed by atoms with E-state index in [0.29, 0.717) is 5.69 Å². The number of carbonyl (C=O) groups excluding carboxylic acids is 1. The quantitative estimate of drug-likeness (QED) is 0.533. The summed E-state index contributed by atoms with van der Waals surface area (Å²) in [5, 5.41) is 11.1. The van der Waals surface area contributed by atoms with E-state index < -0.39 is 10.8 Å². The van der Waals surface area contributed by atoms with Gasteiger partial charge in [-0.15, -0.1) is 0 Å². The summed E-state index contributed by atoms with van der Waals surface area (Å²) < 4.78 is 0. The Balaban J connectivity index is 2.43. The molecule has 0 spiro atoms. The highest BCUT2D eigenvalue weighted by molar-refractivity contribution is 6.09. The van der Waals surface area contributed by atoms with E-state index in [2.05, 4.69) is 0 Å². The van der Waals surface area contributed by atoms with Crippen LogP contribution in [0.4, 0.5) is 17.1 Å². The summed E-state index contributed by atoms with van der Waals surface area (Å²) in [6, 6.07) is 11.6. The fourth-order valence-corrected chi connectivity index (χ4v) is 2.00. The number of rotatable bonds is 3. The van der Waals surface area contributed by atoms with Crippen LogP contribution in [0.1, 0.15) is 15.9 Å². The van der Waals surface area contributed by atoms with Gasteiger partial charge in [0, 0.05) is 12.7 Å². The summed E-state index contributed by atoms with van der Waals surface area (Å²) in [7, 11) is 1.57. The molecule has 108 valence electrons. The molecule has 0 aliphatic carbocycles. The van der Waals surface area contributed by atoms with Crippen molar-refractivity contribution in [3.05, 3.63) is 63.7 Å². The fourth-order valence-electron chi connectivity index (χ4n) is 2.00. The smallest absolute Gasteiger partial charge is 0.304 e. The number of hydrogen-bond acceptors (Lipinski definition) is 4. The number of hydrogen-bond donors (Lipinski definition) is 1. The van der Waals surface area contributed by atoms with Crippen molar-refractivity contribution in [2.45, 2.75) is 6.92 Å². The van der Waals surface area contributed by atoms with E-state index in [4.69, 9.17) is 5.73 Å². The minimum atomic E-state index is -0.633. The van der Waals surface area contributed by atoms with Gasteiger partial charge in [-0.2, -0.15) is 0 Å².